The number of aromatic nitrogens is 3. The van der Waals surface area contributed by atoms with E-state index in [0.29, 0.717) is 16.7 Å². The van der Waals surface area contributed by atoms with Crippen LogP contribution in [-0.4, -0.2) is 26.4 Å². The van der Waals surface area contributed by atoms with Gasteiger partial charge < -0.3 is 14.3 Å². The molecule has 6 nitrogen and oxygen atoms in total. The number of rotatable bonds is 6. The molecule has 0 aliphatic rings. The average Bonchev–Trinajstić information content (AvgIpc) is 3.23. The lowest BCUT2D eigenvalue weighted by Crippen LogP contribution is -2.28. The first-order valence-electron chi connectivity index (χ1n) is 7.65. The fourth-order valence-corrected chi connectivity index (χ4v) is 3.03. The average molecular weight is 360 g/mol. The SMILES string of the molecule is C[C@H](NC(=O)CSc1nnc(-c2ccco2)n1C)c1ccc(F)cc1. The highest BCUT2D eigenvalue weighted by Crippen LogP contribution is 2.23. The highest BCUT2D eigenvalue weighted by atomic mass is 32.2. The van der Waals surface area contributed by atoms with Gasteiger partial charge in [0.2, 0.25) is 5.91 Å². The third kappa shape index (κ3) is 4.08. The molecule has 0 spiro atoms. The lowest BCUT2D eigenvalue weighted by molar-refractivity contribution is -0.119. The Morgan fingerprint density at radius 2 is 2.08 bits per heavy atom. The van der Waals surface area contributed by atoms with E-state index in [1.165, 1.54) is 23.9 Å². The van der Waals surface area contributed by atoms with E-state index in [2.05, 4.69) is 15.5 Å². The van der Waals surface area contributed by atoms with E-state index >= 15 is 0 Å². The van der Waals surface area contributed by atoms with E-state index in [1.807, 2.05) is 14.0 Å². The van der Waals surface area contributed by atoms with Gasteiger partial charge in [-0.1, -0.05) is 23.9 Å². The highest BCUT2D eigenvalue weighted by molar-refractivity contribution is 7.99. The summed E-state index contributed by atoms with van der Waals surface area (Å²) in [7, 11) is 1.82. The summed E-state index contributed by atoms with van der Waals surface area (Å²) in [5, 5.41) is 11.7. The van der Waals surface area contributed by atoms with Crippen molar-refractivity contribution < 1.29 is 13.6 Å². The minimum Gasteiger partial charge on any atom is -0.461 e. The topological polar surface area (TPSA) is 73.0 Å². The van der Waals surface area contributed by atoms with Crippen LogP contribution in [0, 0.1) is 5.82 Å². The van der Waals surface area contributed by atoms with Crippen LogP contribution in [0.1, 0.15) is 18.5 Å². The van der Waals surface area contributed by atoms with Gasteiger partial charge in [0, 0.05) is 7.05 Å². The molecule has 1 atom stereocenters. The van der Waals surface area contributed by atoms with E-state index in [4.69, 9.17) is 4.42 Å². The van der Waals surface area contributed by atoms with Gasteiger partial charge >= 0.3 is 0 Å². The van der Waals surface area contributed by atoms with Gasteiger partial charge in [0.25, 0.3) is 0 Å². The second-order valence-electron chi connectivity index (χ2n) is 5.47. The zero-order valence-electron chi connectivity index (χ0n) is 13.8. The zero-order valence-corrected chi connectivity index (χ0v) is 14.6. The molecule has 25 heavy (non-hydrogen) atoms. The fraction of sp³-hybridized carbons (Fsp3) is 0.235. The Labute approximate surface area is 148 Å². The van der Waals surface area contributed by atoms with Crippen molar-refractivity contribution in [2.24, 2.45) is 7.05 Å². The number of hydrogen-bond acceptors (Lipinski definition) is 5. The van der Waals surface area contributed by atoms with Crippen LogP contribution in [0.4, 0.5) is 4.39 Å². The van der Waals surface area contributed by atoms with Crippen molar-refractivity contribution in [2.75, 3.05) is 5.75 Å². The normalized spacial score (nSPS) is 12.1. The number of nitrogens with one attached hydrogen (secondary N) is 1. The second kappa shape index (κ2) is 7.52. The number of thioether (sulfide) groups is 1. The molecule has 2 aromatic heterocycles. The highest BCUT2D eigenvalue weighted by Gasteiger charge is 2.15. The molecule has 1 amide bonds. The van der Waals surface area contributed by atoms with Gasteiger partial charge in [-0.15, -0.1) is 10.2 Å². The summed E-state index contributed by atoms with van der Waals surface area (Å²) in [4.78, 5) is 12.1. The van der Waals surface area contributed by atoms with E-state index in [9.17, 15) is 9.18 Å². The van der Waals surface area contributed by atoms with Crippen LogP contribution in [0.5, 0.6) is 0 Å². The molecule has 0 radical (unpaired) electrons. The summed E-state index contributed by atoms with van der Waals surface area (Å²) >= 11 is 1.29. The molecule has 0 unspecified atom stereocenters. The summed E-state index contributed by atoms with van der Waals surface area (Å²) in [6.45, 7) is 1.85. The van der Waals surface area contributed by atoms with E-state index in [1.54, 1.807) is 35.1 Å². The first-order valence-corrected chi connectivity index (χ1v) is 8.64. The van der Waals surface area contributed by atoms with Gasteiger partial charge in [-0.25, -0.2) is 4.39 Å². The molecule has 0 saturated carbocycles. The number of halogens is 1. The Morgan fingerprint density at radius 3 is 2.76 bits per heavy atom. The molecular weight excluding hydrogens is 343 g/mol. The first kappa shape index (κ1) is 17.2. The van der Waals surface area contributed by atoms with Gasteiger partial charge in [0.05, 0.1) is 18.1 Å². The summed E-state index contributed by atoms with van der Waals surface area (Å²) in [5.41, 5.74) is 0.846. The fourth-order valence-electron chi connectivity index (χ4n) is 2.31. The van der Waals surface area contributed by atoms with E-state index in [-0.39, 0.29) is 23.5 Å². The Hall–Kier alpha value is -2.61. The Morgan fingerprint density at radius 1 is 1.32 bits per heavy atom. The zero-order chi connectivity index (χ0) is 17.8. The number of carbonyl (C=O) groups excluding carboxylic acids is 1. The molecule has 0 bridgehead atoms. The number of furan rings is 1. The van der Waals surface area contributed by atoms with Crippen molar-refractivity contribution in [3.8, 4) is 11.6 Å². The summed E-state index contributed by atoms with van der Waals surface area (Å²) in [5.74, 6) is 0.996. The number of benzene rings is 1. The van der Waals surface area contributed by atoms with Crippen LogP contribution in [0.25, 0.3) is 11.6 Å². The summed E-state index contributed by atoms with van der Waals surface area (Å²) < 4.78 is 20.0. The molecule has 3 aromatic rings. The van der Waals surface area contributed by atoms with E-state index < -0.39 is 0 Å². The van der Waals surface area contributed by atoms with E-state index in [0.717, 1.165) is 5.56 Å². The van der Waals surface area contributed by atoms with Crippen molar-refractivity contribution in [2.45, 2.75) is 18.1 Å². The maximum Gasteiger partial charge on any atom is 0.230 e. The predicted octanol–water partition coefficient (Wildman–Crippen LogP) is 3.18. The summed E-state index contributed by atoms with van der Waals surface area (Å²) in [6.07, 6.45) is 1.57. The molecule has 1 aromatic carbocycles. The first-order chi connectivity index (χ1) is 12.0. The standard InChI is InChI=1S/C17H17FN4O2S/c1-11(12-5-7-13(18)8-6-12)19-15(23)10-25-17-21-20-16(22(17)2)14-4-3-9-24-14/h3-9,11H,10H2,1-2H3,(H,19,23)/t11-/m0/s1. The number of hydrogen-bond donors (Lipinski definition) is 1. The van der Waals surface area contributed by atoms with Gasteiger partial charge in [-0.2, -0.15) is 0 Å². The van der Waals surface area contributed by atoms with Crippen LogP contribution in [-0.2, 0) is 11.8 Å². The number of carbonyl (C=O) groups is 1. The van der Waals surface area contributed by atoms with Crippen LogP contribution < -0.4 is 5.32 Å². The van der Waals surface area contributed by atoms with Gasteiger partial charge in [0.1, 0.15) is 5.82 Å². The van der Waals surface area contributed by atoms with Crippen LogP contribution >= 0.6 is 11.8 Å². The molecule has 130 valence electrons. The van der Waals surface area contributed by atoms with Crippen LogP contribution in [0.2, 0.25) is 0 Å². The third-order valence-electron chi connectivity index (χ3n) is 3.66. The molecule has 0 fully saturated rings. The molecule has 8 heteroatoms. The lowest BCUT2D eigenvalue weighted by atomic mass is 10.1. The summed E-state index contributed by atoms with van der Waals surface area (Å²) in [6, 6.07) is 9.45. The van der Waals surface area contributed by atoms with Gasteiger partial charge in [0.15, 0.2) is 16.7 Å². The Bertz CT molecular complexity index is 846. The lowest BCUT2D eigenvalue weighted by Gasteiger charge is -2.14. The number of amides is 1. The Kier molecular flexibility index (Phi) is 5.18. The molecular formula is C17H17FN4O2S. The monoisotopic (exact) mass is 360 g/mol. The smallest absolute Gasteiger partial charge is 0.230 e. The maximum absolute atomic E-state index is 13.0. The third-order valence-corrected chi connectivity index (χ3v) is 4.68. The van der Waals surface area contributed by atoms with Crippen molar-refractivity contribution in [3.05, 3.63) is 54.0 Å². The van der Waals surface area contributed by atoms with Gasteiger partial charge in [-0.05, 0) is 36.8 Å². The quantitative estimate of drug-likeness (QED) is 0.684. The van der Waals surface area contributed by atoms with Crippen LogP contribution in [0.3, 0.4) is 0 Å². The van der Waals surface area contributed by atoms with Crippen molar-refractivity contribution in [1.29, 1.82) is 0 Å². The minimum absolute atomic E-state index is 0.135. The number of nitrogens with zero attached hydrogens (tertiary/aromatic N) is 3. The van der Waals surface area contributed by atoms with Gasteiger partial charge in [-0.3, -0.25) is 4.79 Å². The second-order valence-corrected chi connectivity index (χ2v) is 6.41. The molecule has 0 aliphatic carbocycles. The molecule has 0 aliphatic heterocycles. The van der Waals surface area contributed by atoms with Crippen molar-refractivity contribution in [3.63, 3.8) is 0 Å². The van der Waals surface area contributed by atoms with Crippen molar-refractivity contribution in [1.82, 2.24) is 20.1 Å². The largest absolute Gasteiger partial charge is 0.461 e. The van der Waals surface area contributed by atoms with Crippen molar-refractivity contribution >= 4 is 17.7 Å². The molecule has 3 rings (SSSR count). The molecule has 1 N–H and O–H groups in total. The van der Waals surface area contributed by atoms with Crippen LogP contribution in [0.15, 0.2) is 52.2 Å². The molecule has 2 heterocycles. The minimum atomic E-state index is -0.299. The molecule has 0 saturated heterocycles. The Balaban J connectivity index is 1.56. The maximum atomic E-state index is 13.0. The predicted molar refractivity (Wildman–Crippen MR) is 92.4 cm³/mol.